The summed E-state index contributed by atoms with van der Waals surface area (Å²) in [4.78, 5) is 38.9. The molecule has 2 aromatic carbocycles. The number of rotatable bonds is 3. The number of fused-ring (bicyclic) bond motifs is 1. The summed E-state index contributed by atoms with van der Waals surface area (Å²) >= 11 is 0. The van der Waals surface area contributed by atoms with Gasteiger partial charge in [0, 0.05) is 18.3 Å². The van der Waals surface area contributed by atoms with Gasteiger partial charge in [0.1, 0.15) is 5.75 Å². The predicted octanol–water partition coefficient (Wildman–Crippen LogP) is 2.11. The molecule has 0 spiro atoms. The molecule has 0 radical (unpaired) electrons. The van der Waals surface area contributed by atoms with E-state index in [9.17, 15) is 14.4 Å². The number of Topliss-reactive ketones (excluding diaryl/α,β-unsaturated/α-hetero) is 1. The number of nitrogens with zero attached hydrogens (tertiary/aromatic N) is 1. The second kappa shape index (κ2) is 6.16. The lowest BCUT2D eigenvalue weighted by Gasteiger charge is -2.29. The lowest BCUT2D eigenvalue weighted by Crippen LogP contribution is -2.47. The first-order chi connectivity index (χ1) is 11.5. The van der Waals surface area contributed by atoms with E-state index in [0.29, 0.717) is 22.7 Å². The van der Waals surface area contributed by atoms with Gasteiger partial charge in [0.05, 0.1) is 12.8 Å². The number of methoxy groups -OCH3 is 1. The van der Waals surface area contributed by atoms with Crippen LogP contribution in [0.1, 0.15) is 10.4 Å². The zero-order valence-electron chi connectivity index (χ0n) is 13.3. The first kappa shape index (κ1) is 15.7. The van der Waals surface area contributed by atoms with Crippen LogP contribution >= 0.6 is 0 Å². The van der Waals surface area contributed by atoms with Gasteiger partial charge in [0.25, 0.3) is 0 Å². The Balaban J connectivity index is 1.86. The molecule has 0 saturated heterocycles. The average Bonchev–Trinajstić information content (AvgIpc) is 2.60. The molecule has 2 aromatic rings. The number of nitrogens with one attached hydrogen (secondary N) is 1. The number of ether oxygens (including phenoxy) is 1. The van der Waals surface area contributed by atoms with E-state index in [-0.39, 0.29) is 0 Å². The predicted molar refractivity (Wildman–Crippen MR) is 89.3 cm³/mol. The van der Waals surface area contributed by atoms with Gasteiger partial charge in [-0.25, -0.2) is 0 Å². The van der Waals surface area contributed by atoms with Crippen LogP contribution in [0.15, 0.2) is 48.5 Å². The van der Waals surface area contributed by atoms with E-state index in [0.717, 1.165) is 0 Å². The van der Waals surface area contributed by atoms with Crippen molar-refractivity contribution in [2.45, 2.75) is 0 Å². The number of anilines is 2. The number of benzene rings is 2. The van der Waals surface area contributed by atoms with Crippen LogP contribution in [0.5, 0.6) is 5.75 Å². The fourth-order valence-corrected chi connectivity index (χ4v) is 2.67. The average molecular weight is 324 g/mol. The first-order valence-corrected chi connectivity index (χ1v) is 7.38. The number of para-hydroxylation sites is 1. The van der Waals surface area contributed by atoms with Gasteiger partial charge in [0.15, 0.2) is 11.7 Å². The van der Waals surface area contributed by atoms with Crippen LogP contribution in [-0.2, 0) is 9.59 Å². The fraction of sp³-hybridized carbons (Fsp3) is 0.167. The molecule has 6 nitrogen and oxygen atoms in total. The molecule has 0 bridgehead atoms. The van der Waals surface area contributed by atoms with Gasteiger partial charge in [-0.3, -0.25) is 14.4 Å². The Hall–Kier alpha value is -3.15. The van der Waals surface area contributed by atoms with Crippen molar-refractivity contribution in [1.82, 2.24) is 0 Å². The number of carbonyl (C=O) groups excluding carboxylic acids is 3. The van der Waals surface area contributed by atoms with E-state index in [2.05, 4.69) is 5.32 Å². The summed E-state index contributed by atoms with van der Waals surface area (Å²) in [5.74, 6) is -2.40. The third-order valence-corrected chi connectivity index (χ3v) is 3.99. The highest BCUT2D eigenvalue weighted by Crippen LogP contribution is 2.30. The molecule has 24 heavy (non-hydrogen) atoms. The van der Waals surface area contributed by atoms with Gasteiger partial charge >= 0.3 is 0 Å². The molecule has 2 amide bonds. The van der Waals surface area contributed by atoms with Gasteiger partial charge < -0.3 is 15.0 Å². The fourth-order valence-electron chi connectivity index (χ4n) is 2.67. The number of carbonyl (C=O) groups is 3. The largest absolute Gasteiger partial charge is 0.497 e. The molecule has 0 aliphatic carbocycles. The molecule has 0 fully saturated rings. The van der Waals surface area contributed by atoms with E-state index in [1.54, 1.807) is 62.7 Å². The monoisotopic (exact) mass is 324 g/mol. The molecule has 1 unspecified atom stereocenters. The highest BCUT2D eigenvalue weighted by Gasteiger charge is 2.42. The minimum absolute atomic E-state index is 0.370. The van der Waals surface area contributed by atoms with Crippen LogP contribution in [0.3, 0.4) is 0 Å². The maximum absolute atomic E-state index is 12.6. The first-order valence-electron chi connectivity index (χ1n) is 7.38. The van der Waals surface area contributed by atoms with Crippen molar-refractivity contribution in [2.24, 2.45) is 5.92 Å². The number of ketones is 1. The normalized spacial score (nSPS) is 16.6. The number of hydrogen-bond donors (Lipinski definition) is 1. The molecule has 0 saturated carbocycles. The van der Waals surface area contributed by atoms with E-state index in [4.69, 9.17) is 4.74 Å². The van der Waals surface area contributed by atoms with E-state index in [1.165, 1.54) is 4.90 Å². The Morgan fingerprint density at radius 2 is 1.75 bits per heavy atom. The van der Waals surface area contributed by atoms with Crippen molar-refractivity contribution >= 4 is 29.0 Å². The Bertz CT molecular complexity index is 814. The molecule has 1 N–H and O–H groups in total. The maximum Gasteiger partial charge on any atom is 0.247 e. The SMILES string of the molecule is COc1ccc(NC(=O)C2C(=O)c3ccccc3N(C)C2=O)cc1. The van der Waals surface area contributed by atoms with Crippen molar-refractivity contribution in [3.8, 4) is 5.75 Å². The highest BCUT2D eigenvalue weighted by atomic mass is 16.5. The van der Waals surface area contributed by atoms with Gasteiger partial charge in [-0.2, -0.15) is 0 Å². The summed E-state index contributed by atoms with van der Waals surface area (Å²) in [7, 11) is 3.10. The lowest BCUT2D eigenvalue weighted by atomic mass is 9.89. The summed E-state index contributed by atoms with van der Waals surface area (Å²) in [6.45, 7) is 0. The van der Waals surface area contributed by atoms with Crippen LogP contribution in [-0.4, -0.2) is 31.8 Å². The molecule has 1 atom stereocenters. The van der Waals surface area contributed by atoms with E-state index < -0.39 is 23.5 Å². The molecule has 6 heteroatoms. The molecule has 3 rings (SSSR count). The standard InChI is InChI=1S/C18H16N2O4/c1-20-14-6-4-3-5-13(14)16(21)15(18(20)23)17(22)19-11-7-9-12(24-2)10-8-11/h3-10,15H,1-2H3,(H,19,22). The molecule has 0 aromatic heterocycles. The Morgan fingerprint density at radius 3 is 2.42 bits per heavy atom. The summed E-state index contributed by atoms with van der Waals surface area (Å²) in [6, 6.07) is 13.4. The molecule has 1 heterocycles. The van der Waals surface area contributed by atoms with Crippen LogP contribution in [0.25, 0.3) is 0 Å². The van der Waals surface area contributed by atoms with Crippen LogP contribution in [0.4, 0.5) is 11.4 Å². The van der Waals surface area contributed by atoms with E-state index >= 15 is 0 Å². The second-order valence-corrected chi connectivity index (χ2v) is 5.43. The third-order valence-electron chi connectivity index (χ3n) is 3.99. The smallest absolute Gasteiger partial charge is 0.247 e. The number of amides is 2. The second-order valence-electron chi connectivity index (χ2n) is 5.43. The lowest BCUT2D eigenvalue weighted by molar-refractivity contribution is -0.128. The molecule has 1 aliphatic heterocycles. The summed E-state index contributed by atoms with van der Waals surface area (Å²) in [5.41, 5.74) is 1.37. The van der Waals surface area contributed by atoms with Gasteiger partial charge in [-0.15, -0.1) is 0 Å². The Kier molecular flexibility index (Phi) is 4.04. The molecule has 122 valence electrons. The Labute approximate surface area is 139 Å². The molecule has 1 aliphatic rings. The van der Waals surface area contributed by atoms with Crippen LogP contribution < -0.4 is 15.0 Å². The number of hydrogen-bond acceptors (Lipinski definition) is 4. The van der Waals surface area contributed by atoms with E-state index in [1.807, 2.05) is 0 Å². The zero-order valence-corrected chi connectivity index (χ0v) is 13.3. The van der Waals surface area contributed by atoms with Crippen molar-refractivity contribution in [2.75, 3.05) is 24.4 Å². The van der Waals surface area contributed by atoms with Crippen molar-refractivity contribution < 1.29 is 19.1 Å². The summed E-state index contributed by atoms with van der Waals surface area (Å²) in [6.07, 6.45) is 0. The topological polar surface area (TPSA) is 75.7 Å². The van der Waals surface area contributed by atoms with Gasteiger partial charge in [-0.05, 0) is 36.4 Å². The molecular weight excluding hydrogens is 308 g/mol. The van der Waals surface area contributed by atoms with Crippen LogP contribution in [0, 0.1) is 5.92 Å². The minimum atomic E-state index is -1.38. The van der Waals surface area contributed by atoms with Crippen molar-refractivity contribution in [1.29, 1.82) is 0 Å². The maximum atomic E-state index is 12.6. The third kappa shape index (κ3) is 2.62. The van der Waals surface area contributed by atoms with Crippen molar-refractivity contribution in [3.05, 3.63) is 54.1 Å². The van der Waals surface area contributed by atoms with Gasteiger partial charge in [0.2, 0.25) is 11.8 Å². The van der Waals surface area contributed by atoms with Gasteiger partial charge in [-0.1, -0.05) is 12.1 Å². The van der Waals surface area contributed by atoms with Crippen LogP contribution in [0.2, 0.25) is 0 Å². The van der Waals surface area contributed by atoms with Crippen molar-refractivity contribution in [3.63, 3.8) is 0 Å². The zero-order chi connectivity index (χ0) is 17.3. The Morgan fingerprint density at radius 1 is 1.08 bits per heavy atom. The summed E-state index contributed by atoms with van der Waals surface area (Å²) < 4.78 is 5.05. The quantitative estimate of drug-likeness (QED) is 0.878. The summed E-state index contributed by atoms with van der Waals surface area (Å²) in [5, 5.41) is 2.61. The highest BCUT2D eigenvalue weighted by molar-refractivity contribution is 6.32. The minimum Gasteiger partial charge on any atom is -0.497 e. The molecular formula is C18H16N2O4.